The summed E-state index contributed by atoms with van der Waals surface area (Å²) in [6, 6.07) is 15.7. The molecule has 0 saturated heterocycles. The number of carbonyl (C=O) groups excluding carboxylic acids is 1. The van der Waals surface area contributed by atoms with Gasteiger partial charge in [-0.25, -0.2) is 4.79 Å². The molecule has 3 rings (SSSR count). The number of benzene rings is 2. The minimum absolute atomic E-state index is 0.0640. The van der Waals surface area contributed by atoms with Gasteiger partial charge in [0.1, 0.15) is 0 Å². The topological polar surface area (TPSA) is 44.4 Å². The van der Waals surface area contributed by atoms with Gasteiger partial charge in [0.2, 0.25) is 0 Å². The maximum Gasteiger partial charge on any atom is 0.319 e. The molecule has 1 aliphatic carbocycles. The number of carbonyl (C=O) groups is 1. The van der Waals surface area contributed by atoms with Crippen molar-refractivity contribution in [3.05, 3.63) is 59.1 Å². The summed E-state index contributed by atoms with van der Waals surface area (Å²) in [5, 5.41) is 6.67. The lowest BCUT2D eigenvalue weighted by Crippen LogP contribution is -2.35. The fourth-order valence-electron chi connectivity index (χ4n) is 3.29. The van der Waals surface area contributed by atoms with Crippen LogP contribution in [0.1, 0.15) is 32.3 Å². The smallest absolute Gasteiger partial charge is 0.319 e. The highest BCUT2D eigenvalue weighted by molar-refractivity contribution is 6.30. The number of amides is 2. The molecular weight excluding hydrogens is 346 g/mol. The molecule has 0 aliphatic heterocycles. The van der Waals surface area contributed by atoms with E-state index in [1.807, 2.05) is 36.4 Å². The molecule has 5 heteroatoms. The normalized spacial score (nSPS) is 14.6. The number of nitrogens with one attached hydrogen (secondary N) is 2. The summed E-state index contributed by atoms with van der Waals surface area (Å²) in [5.74, 6) is 0. The van der Waals surface area contributed by atoms with Crippen LogP contribution in [-0.4, -0.2) is 25.7 Å². The van der Waals surface area contributed by atoms with Crippen LogP contribution in [-0.2, 0) is 5.41 Å². The highest BCUT2D eigenvalue weighted by Crippen LogP contribution is 2.47. The Morgan fingerprint density at radius 2 is 1.65 bits per heavy atom. The Morgan fingerprint density at radius 3 is 2.19 bits per heavy atom. The summed E-state index contributed by atoms with van der Waals surface area (Å²) in [7, 11) is 0. The van der Waals surface area contributed by atoms with Gasteiger partial charge >= 0.3 is 6.03 Å². The summed E-state index contributed by atoms with van der Waals surface area (Å²) >= 11 is 5.97. The molecule has 0 unspecified atom stereocenters. The van der Waals surface area contributed by atoms with E-state index in [2.05, 4.69) is 41.5 Å². The van der Waals surface area contributed by atoms with Gasteiger partial charge in [0.15, 0.2) is 0 Å². The van der Waals surface area contributed by atoms with Gasteiger partial charge in [0, 0.05) is 41.4 Å². The second kappa shape index (κ2) is 8.00. The molecule has 4 nitrogen and oxygen atoms in total. The van der Waals surface area contributed by atoms with E-state index in [-0.39, 0.29) is 11.4 Å². The molecule has 2 amide bonds. The van der Waals surface area contributed by atoms with Gasteiger partial charge in [-0.1, -0.05) is 23.7 Å². The number of anilines is 2. The van der Waals surface area contributed by atoms with Crippen molar-refractivity contribution in [3.63, 3.8) is 0 Å². The van der Waals surface area contributed by atoms with Gasteiger partial charge < -0.3 is 15.5 Å². The average Bonchev–Trinajstić information content (AvgIpc) is 3.44. The van der Waals surface area contributed by atoms with Crippen LogP contribution in [0.2, 0.25) is 5.02 Å². The minimum atomic E-state index is -0.166. The first-order chi connectivity index (χ1) is 12.6. The van der Waals surface area contributed by atoms with Crippen LogP contribution in [0.4, 0.5) is 16.2 Å². The first-order valence-corrected chi connectivity index (χ1v) is 9.60. The van der Waals surface area contributed by atoms with E-state index in [4.69, 9.17) is 11.6 Å². The van der Waals surface area contributed by atoms with Crippen molar-refractivity contribution in [3.8, 4) is 0 Å². The minimum Gasteiger partial charge on any atom is -0.372 e. The zero-order valence-corrected chi connectivity index (χ0v) is 16.1. The first kappa shape index (κ1) is 18.6. The summed E-state index contributed by atoms with van der Waals surface area (Å²) in [4.78, 5) is 14.5. The van der Waals surface area contributed by atoms with Gasteiger partial charge in [-0.15, -0.1) is 0 Å². The number of halogens is 1. The predicted molar refractivity (Wildman–Crippen MR) is 109 cm³/mol. The van der Waals surface area contributed by atoms with Crippen LogP contribution in [0.15, 0.2) is 48.5 Å². The number of urea groups is 1. The van der Waals surface area contributed by atoms with E-state index in [9.17, 15) is 4.79 Å². The molecule has 2 aromatic carbocycles. The molecule has 1 aliphatic rings. The van der Waals surface area contributed by atoms with E-state index in [0.29, 0.717) is 6.54 Å². The molecule has 0 radical (unpaired) electrons. The molecule has 1 fully saturated rings. The van der Waals surface area contributed by atoms with Crippen molar-refractivity contribution in [1.29, 1.82) is 0 Å². The largest absolute Gasteiger partial charge is 0.372 e. The maximum atomic E-state index is 12.2. The molecule has 138 valence electrons. The van der Waals surface area contributed by atoms with Crippen molar-refractivity contribution in [2.24, 2.45) is 0 Å². The molecule has 2 N–H and O–H groups in total. The van der Waals surface area contributed by atoms with Crippen molar-refractivity contribution in [1.82, 2.24) is 5.32 Å². The third-order valence-electron chi connectivity index (χ3n) is 5.15. The van der Waals surface area contributed by atoms with Gasteiger partial charge in [-0.05, 0) is 68.7 Å². The molecule has 0 heterocycles. The molecular formula is C21H26ClN3O. The zero-order chi connectivity index (χ0) is 18.6. The Bertz CT molecular complexity index is 735. The molecule has 2 aromatic rings. The summed E-state index contributed by atoms with van der Waals surface area (Å²) < 4.78 is 0. The van der Waals surface area contributed by atoms with Crippen molar-refractivity contribution in [2.45, 2.75) is 32.1 Å². The summed E-state index contributed by atoms with van der Waals surface area (Å²) in [6.45, 7) is 6.85. The van der Waals surface area contributed by atoms with Crippen molar-refractivity contribution >= 4 is 29.0 Å². The monoisotopic (exact) mass is 371 g/mol. The van der Waals surface area contributed by atoms with Gasteiger partial charge in [0.05, 0.1) is 0 Å². The third-order valence-corrected chi connectivity index (χ3v) is 5.40. The quantitative estimate of drug-likeness (QED) is 0.716. The molecule has 26 heavy (non-hydrogen) atoms. The van der Waals surface area contributed by atoms with E-state index >= 15 is 0 Å². The van der Waals surface area contributed by atoms with Crippen LogP contribution in [0.5, 0.6) is 0 Å². The number of hydrogen-bond donors (Lipinski definition) is 2. The zero-order valence-electron chi connectivity index (χ0n) is 15.4. The van der Waals surface area contributed by atoms with Gasteiger partial charge in [0.25, 0.3) is 0 Å². The van der Waals surface area contributed by atoms with E-state index in [1.165, 1.54) is 11.3 Å². The van der Waals surface area contributed by atoms with Gasteiger partial charge in [-0.3, -0.25) is 0 Å². The Labute approximate surface area is 160 Å². The molecule has 0 atom stereocenters. The van der Waals surface area contributed by atoms with Crippen LogP contribution in [0, 0.1) is 0 Å². The standard InChI is InChI=1S/C21H26ClN3O/c1-3-25(4-2)19-11-9-18(10-12-19)24-20(26)23-15-21(13-14-21)16-5-7-17(22)8-6-16/h5-12H,3-4,13-15H2,1-2H3,(H2,23,24,26). The average molecular weight is 372 g/mol. The SMILES string of the molecule is CCN(CC)c1ccc(NC(=O)NCC2(c3ccc(Cl)cc3)CC2)cc1. The van der Waals surface area contributed by atoms with E-state index in [1.54, 1.807) is 0 Å². The molecule has 0 spiro atoms. The second-order valence-corrected chi connectivity index (χ2v) is 7.25. The number of rotatable bonds is 7. The molecule has 0 aromatic heterocycles. The fourth-order valence-corrected chi connectivity index (χ4v) is 3.42. The summed E-state index contributed by atoms with van der Waals surface area (Å²) in [6.07, 6.45) is 2.18. The van der Waals surface area contributed by atoms with Crippen LogP contribution in [0.25, 0.3) is 0 Å². The van der Waals surface area contributed by atoms with Crippen molar-refractivity contribution < 1.29 is 4.79 Å². The summed E-state index contributed by atoms with van der Waals surface area (Å²) in [5.41, 5.74) is 3.27. The van der Waals surface area contributed by atoms with E-state index < -0.39 is 0 Å². The number of hydrogen-bond acceptors (Lipinski definition) is 2. The third kappa shape index (κ3) is 4.31. The van der Waals surface area contributed by atoms with Crippen LogP contribution in [0.3, 0.4) is 0 Å². The highest BCUT2D eigenvalue weighted by atomic mass is 35.5. The number of nitrogens with zero attached hydrogens (tertiary/aromatic N) is 1. The molecule has 1 saturated carbocycles. The Hall–Kier alpha value is -2.20. The maximum absolute atomic E-state index is 12.2. The van der Waals surface area contributed by atoms with Crippen LogP contribution >= 0.6 is 11.6 Å². The lowest BCUT2D eigenvalue weighted by atomic mass is 9.96. The lowest BCUT2D eigenvalue weighted by molar-refractivity contribution is 0.251. The van der Waals surface area contributed by atoms with E-state index in [0.717, 1.165) is 36.6 Å². The van der Waals surface area contributed by atoms with Crippen LogP contribution < -0.4 is 15.5 Å². The predicted octanol–water partition coefficient (Wildman–Crippen LogP) is 5.04. The Kier molecular flexibility index (Phi) is 5.72. The first-order valence-electron chi connectivity index (χ1n) is 9.22. The fraction of sp³-hybridized carbons (Fsp3) is 0.381. The Balaban J connectivity index is 1.54. The Morgan fingerprint density at radius 1 is 1.04 bits per heavy atom. The highest BCUT2D eigenvalue weighted by Gasteiger charge is 2.44. The second-order valence-electron chi connectivity index (χ2n) is 6.81. The van der Waals surface area contributed by atoms with Crippen molar-refractivity contribution in [2.75, 3.05) is 29.9 Å². The lowest BCUT2D eigenvalue weighted by Gasteiger charge is -2.21. The van der Waals surface area contributed by atoms with Gasteiger partial charge in [-0.2, -0.15) is 0 Å². The molecule has 0 bridgehead atoms.